The van der Waals surface area contributed by atoms with E-state index >= 15 is 0 Å². The van der Waals surface area contributed by atoms with Crippen molar-refractivity contribution in [1.29, 1.82) is 5.26 Å². The van der Waals surface area contributed by atoms with Gasteiger partial charge in [0.15, 0.2) is 0 Å². The number of rotatable bonds is 4. The van der Waals surface area contributed by atoms with Crippen LogP contribution in [0, 0.1) is 11.3 Å². The monoisotopic (exact) mass is 210 g/mol. The maximum absolute atomic E-state index is 8.52. The molecular formula is C9H11ClN2Si. The number of para-hydroxylation sites is 1. The summed E-state index contributed by atoms with van der Waals surface area (Å²) in [5, 5.41) is 11.8. The molecule has 0 bridgehead atoms. The fourth-order valence-corrected chi connectivity index (χ4v) is 2.13. The molecule has 1 aromatic carbocycles. The third-order valence-corrected chi connectivity index (χ3v) is 3.65. The first-order valence-corrected chi connectivity index (χ1v) is 7.06. The lowest BCUT2D eigenvalue weighted by atomic mass is 10.3. The normalized spacial score (nSPS) is 12.6. The van der Waals surface area contributed by atoms with Crippen molar-refractivity contribution in [1.82, 2.24) is 0 Å². The van der Waals surface area contributed by atoms with Crippen LogP contribution in [0.25, 0.3) is 0 Å². The molecule has 4 heteroatoms. The van der Waals surface area contributed by atoms with Crippen molar-refractivity contribution in [3.05, 3.63) is 30.3 Å². The van der Waals surface area contributed by atoms with Crippen molar-refractivity contribution in [3.8, 4) is 6.07 Å². The van der Waals surface area contributed by atoms with E-state index in [1.165, 1.54) is 0 Å². The minimum Gasteiger partial charge on any atom is -0.383 e. The van der Waals surface area contributed by atoms with E-state index in [-0.39, 0.29) is 5.67 Å². The zero-order valence-corrected chi connectivity index (χ0v) is 9.37. The molecule has 0 amide bonds. The van der Waals surface area contributed by atoms with Crippen LogP contribution in [-0.2, 0) is 0 Å². The smallest absolute Gasteiger partial charge is 0.149 e. The van der Waals surface area contributed by atoms with Crippen molar-refractivity contribution in [3.63, 3.8) is 0 Å². The molecule has 0 spiro atoms. The second kappa shape index (κ2) is 5.63. The molecule has 68 valence electrons. The summed E-state index contributed by atoms with van der Waals surface area (Å²) in [6.45, 7) is 0. The standard InChI is InChI=1S/C9H11ClN2Si/c10-13-9(6-7-11)12-8-4-2-1-3-5-8/h1-5,9,12H,6,13H2/t9-/m0/s1. The van der Waals surface area contributed by atoms with Gasteiger partial charge >= 0.3 is 0 Å². The number of hydrogen-bond acceptors (Lipinski definition) is 2. The van der Waals surface area contributed by atoms with Crippen LogP contribution in [0.15, 0.2) is 30.3 Å². The van der Waals surface area contributed by atoms with Gasteiger partial charge in [0.25, 0.3) is 0 Å². The zero-order chi connectivity index (χ0) is 9.52. The number of nitrogens with zero attached hydrogens (tertiary/aromatic N) is 1. The lowest BCUT2D eigenvalue weighted by Crippen LogP contribution is -2.22. The highest BCUT2D eigenvalue weighted by atomic mass is 35.6. The van der Waals surface area contributed by atoms with E-state index in [0.29, 0.717) is 6.42 Å². The molecule has 0 aliphatic rings. The summed E-state index contributed by atoms with van der Waals surface area (Å²) in [5.41, 5.74) is 1.21. The summed E-state index contributed by atoms with van der Waals surface area (Å²) < 4.78 is 0. The van der Waals surface area contributed by atoms with Crippen LogP contribution >= 0.6 is 11.1 Å². The first-order chi connectivity index (χ1) is 6.36. The quantitative estimate of drug-likeness (QED) is 0.606. The fourth-order valence-electron chi connectivity index (χ4n) is 1.02. The Kier molecular flexibility index (Phi) is 4.37. The Morgan fingerprint density at radius 2 is 2.15 bits per heavy atom. The highest BCUT2D eigenvalue weighted by Crippen LogP contribution is 2.08. The molecule has 1 rings (SSSR count). The minimum absolute atomic E-state index is 0.175. The number of anilines is 1. The van der Waals surface area contributed by atoms with Gasteiger partial charge in [-0.15, -0.1) is 0 Å². The summed E-state index contributed by atoms with van der Waals surface area (Å²) in [6.07, 6.45) is 0.491. The van der Waals surface area contributed by atoms with Crippen molar-refractivity contribution in [2.24, 2.45) is 0 Å². The van der Waals surface area contributed by atoms with E-state index in [4.69, 9.17) is 16.3 Å². The second-order valence-corrected chi connectivity index (χ2v) is 4.94. The van der Waals surface area contributed by atoms with Gasteiger partial charge < -0.3 is 5.32 Å². The first kappa shape index (κ1) is 10.1. The molecule has 0 aliphatic carbocycles. The van der Waals surface area contributed by atoms with Gasteiger partial charge in [0.2, 0.25) is 0 Å². The molecule has 1 atom stereocenters. The van der Waals surface area contributed by atoms with E-state index in [1.54, 1.807) is 0 Å². The molecule has 1 aromatic rings. The van der Waals surface area contributed by atoms with Crippen molar-refractivity contribution in [2.75, 3.05) is 5.32 Å². The first-order valence-electron chi connectivity index (χ1n) is 4.11. The minimum atomic E-state index is -0.688. The van der Waals surface area contributed by atoms with Crippen LogP contribution < -0.4 is 5.32 Å². The predicted molar refractivity (Wildman–Crippen MR) is 58.5 cm³/mol. The zero-order valence-electron chi connectivity index (χ0n) is 7.20. The number of nitrogens with one attached hydrogen (secondary N) is 1. The molecule has 0 aromatic heterocycles. The maximum Gasteiger partial charge on any atom is 0.149 e. The van der Waals surface area contributed by atoms with Gasteiger partial charge in [0, 0.05) is 11.4 Å². The molecule has 0 heterocycles. The van der Waals surface area contributed by atoms with Crippen LogP contribution in [0.4, 0.5) is 5.69 Å². The summed E-state index contributed by atoms with van der Waals surface area (Å²) >= 11 is 5.82. The van der Waals surface area contributed by atoms with Gasteiger partial charge in [-0.25, -0.2) is 0 Å². The molecule has 1 N–H and O–H groups in total. The Balaban J connectivity index is 2.53. The largest absolute Gasteiger partial charge is 0.383 e. The molecule has 0 saturated heterocycles. The van der Waals surface area contributed by atoms with Crippen molar-refractivity contribution < 1.29 is 0 Å². The third-order valence-electron chi connectivity index (χ3n) is 1.67. The second-order valence-electron chi connectivity index (χ2n) is 2.72. The predicted octanol–water partition coefficient (Wildman–Crippen LogP) is 1.66. The van der Waals surface area contributed by atoms with Gasteiger partial charge in [-0.2, -0.15) is 16.3 Å². The highest BCUT2D eigenvalue weighted by molar-refractivity contribution is 6.94. The Morgan fingerprint density at radius 3 is 2.69 bits per heavy atom. The van der Waals surface area contributed by atoms with Gasteiger partial charge in [0.05, 0.1) is 12.5 Å². The Labute approximate surface area is 85.1 Å². The Hall–Kier alpha value is -0.983. The van der Waals surface area contributed by atoms with E-state index < -0.39 is 8.83 Å². The van der Waals surface area contributed by atoms with Crippen LogP contribution in [0.3, 0.4) is 0 Å². The molecule has 13 heavy (non-hydrogen) atoms. The molecule has 0 fully saturated rings. The fraction of sp³-hybridized carbons (Fsp3) is 0.222. The lowest BCUT2D eigenvalue weighted by Gasteiger charge is -2.12. The summed E-state index contributed by atoms with van der Waals surface area (Å²) in [4.78, 5) is 0. The van der Waals surface area contributed by atoms with Crippen LogP contribution in [0.5, 0.6) is 0 Å². The van der Waals surface area contributed by atoms with Gasteiger partial charge in [-0.3, -0.25) is 0 Å². The van der Waals surface area contributed by atoms with Crippen molar-refractivity contribution >= 4 is 25.6 Å². The van der Waals surface area contributed by atoms with Crippen LogP contribution in [-0.4, -0.2) is 14.5 Å². The molecule has 0 saturated carbocycles. The SMILES string of the molecule is N#CC[C@@H](Nc1ccccc1)[SiH2]Cl. The number of nitriles is 1. The molecule has 0 aliphatic heterocycles. The van der Waals surface area contributed by atoms with Gasteiger partial charge in [0.1, 0.15) is 8.83 Å². The molecule has 0 radical (unpaired) electrons. The topological polar surface area (TPSA) is 35.8 Å². The maximum atomic E-state index is 8.52. The number of halogens is 1. The number of hydrogen-bond donors (Lipinski definition) is 1. The molecule has 2 nitrogen and oxygen atoms in total. The molecule has 0 unspecified atom stereocenters. The number of benzene rings is 1. The third kappa shape index (κ3) is 3.49. The van der Waals surface area contributed by atoms with E-state index in [2.05, 4.69) is 11.4 Å². The summed E-state index contributed by atoms with van der Waals surface area (Å²) in [7, 11) is -0.688. The van der Waals surface area contributed by atoms with Gasteiger partial charge in [-0.05, 0) is 12.1 Å². The summed E-state index contributed by atoms with van der Waals surface area (Å²) in [5.74, 6) is 0. The van der Waals surface area contributed by atoms with Crippen LogP contribution in [0.1, 0.15) is 6.42 Å². The van der Waals surface area contributed by atoms with Crippen LogP contribution in [0.2, 0.25) is 0 Å². The van der Waals surface area contributed by atoms with E-state index in [0.717, 1.165) is 5.69 Å². The lowest BCUT2D eigenvalue weighted by molar-refractivity contribution is 0.987. The Morgan fingerprint density at radius 1 is 1.46 bits per heavy atom. The average Bonchev–Trinajstić information content (AvgIpc) is 2.19. The average molecular weight is 211 g/mol. The van der Waals surface area contributed by atoms with E-state index in [9.17, 15) is 0 Å². The van der Waals surface area contributed by atoms with E-state index in [1.807, 2.05) is 30.3 Å². The highest BCUT2D eigenvalue weighted by Gasteiger charge is 2.05. The molecular weight excluding hydrogens is 200 g/mol. The summed E-state index contributed by atoms with van der Waals surface area (Å²) in [6, 6.07) is 12.0. The Bertz CT molecular complexity index is 283. The van der Waals surface area contributed by atoms with Gasteiger partial charge in [-0.1, -0.05) is 18.2 Å². The van der Waals surface area contributed by atoms with Crippen molar-refractivity contribution in [2.45, 2.75) is 12.1 Å².